The summed E-state index contributed by atoms with van der Waals surface area (Å²) in [6, 6.07) is 165. The van der Waals surface area contributed by atoms with Crippen molar-refractivity contribution in [2.24, 2.45) is 0 Å². The van der Waals surface area contributed by atoms with E-state index in [-0.39, 0.29) is 5.41 Å². The van der Waals surface area contributed by atoms with E-state index >= 15 is 0 Å². The second-order valence-electron chi connectivity index (χ2n) is 31.8. The molecule has 19 aromatic rings. The fourth-order valence-electron chi connectivity index (χ4n) is 20.1. The van der Waals surface area contributed by atoms with E-state index in [1.807, 2.05) is 0 Å². The Morgan fingerprint density at radius 1 is 0.198 bits per heavy atom. The molecule has 22 rings (SSSR count). The molecule has 3 heteroatoms. The number of fused-ring (bicyclic) bond motifs is 12. The van der Waals surface area contributed by atoms with Crippen LogP contribution >= 0.6 is 0 Å². The van der Waals surface area contributed by atoms with Crippen molar-refractivity contribution in [2.75, 3.05) is 9.80 Å². The molecule has 0 atom stereocenters. The molecule has 1 heterocycles. The highest BCUT2D eigenvalue weighted by Gasteiger charge is 2.49. The van der Waals surface area contributed by atoms with E-state index in [2.05, 4.69) is 471 Å². The maximum atomic E-state index is 2.54. The van der Waals surface area contributed by atoms with Gasteiger partial charge in [0.15, 0.2) is 0 Å². The van der Waals surface area contributed by atoms with E-state index in [0.717, 1.165) is 78.7 Å². The van der Waals surface area contributed by atoms with Crippen molar-refractivity contribution in [2.45, 2.75) is 30.1 Å². The van der Waals surface area contributed by atoms with Crippen molar-refractivity contribution >= 4 is 55.9 Å². The monoisotopic (exact) mass is 1480 g/mol. The Kier molecular flexibility index (Phi) is 16.1. The lowest BCUT2D eigenvalue weighted by atomic mass is 9.67. The molecule has 0 saturated heterocycles. The zero-order chi connectivity index (χ0) is 77.1. The quantitative estimate of drug-likeness (QED) is 0.101. The van der Waals surface area contributed by atoms with Crippen molar-refractivity contribution in [3.63, 3.8) is 0 Å². The third-order valence-corrected chi connectivity index (χ3v) is 25.4. The minimum absolute atomic E-state index is 0.140. The first-order valence-corrected chi connectivity index (χ1v) is 40.4. The summed E-state index contributed by atoms with van der Waals surface area (Å²) < 4.78 is 2.44. The maximum Gasteiger partial charge on any atom is 0.0714 e. The highest BCUT2D eigenvalue weighted by molar-refractivity contribution is 6.11. The molecule has 3 aliphatic rings. The Balaban J connectivity index is 0.634. The molecular weight excluding hydrogens is 1400 g/mol. The van der Waals surface area contributed by atoms with E-state index in [9.17, 15) is 0 Å². The first kappa shape index (κ1) is 68.2. The van der Waals surface area contributed by atoms with Crippen molar-refractivity contribution in [1.29, 1.82) is 0 Å². The van der Waals surface area contributed by atoms with Crippen LogP contribution in [0, 0.1) is 0 Å². The molecule has 0 N–H and O–H groups in total. The zero-order valence-electron chi connectivity index (χ0n) is 64.5. The highest BCUT2D eigenvalue weighted by Crippen LogP contribution is 2.61. The van der Waals surface area contributed by atoms with Crippen molar-refractivity contribution in [1.82, 2.24) is 4.57 Å². The standard InChI is InChI=1S/C113H79N3/c1-111(2)102-46-23-18-42-94(102)97-67-64-90(73-105(97)111)114(87-60-55-77(56-61-87)76-29-8-3-9-30-76)88-62-57-79(58-63-88)82-59-70-110-101(72-82)100-45-22-27-50-109(100)116(110)89-40-28-31-81(71-89)78-51-53-80(54-52-78)93-41-21-26-49-108(93)115(91-65-68-98-95-43-19-24-47-103(95)112(106(98)74-91,83-32-10-4-11-33-83)84-34-12-5-13-35-84)92-66-69-99-96-44-20-25-48-104(96)113(107(99)75-92,85-36-14-6-15-37-85)86-38-16-7-17-39-86/h3-75H,1-2H3. The molecule has 0 aliphatic heterocycles. The Bertz CT molecular complexity index is 6740. The number of benzene rings is 18. The van der Waals surface area contributed by atoms with Gasteiger partial charge in [0, 0.05) is 55.9 Å². The van der Waals surface area contributed by atoms with Gasteiger partial charge in [0.1, 0.15) is 0 Å². The maximum absolute atomic E-state index is 2.54. The molecule has 0 spiro atoms. The summed E-state index contributed by atoms with van der Waals surface area (Å²) in [5.74, 6) is 0. The summed E-state index contributed by atoms with van der Waals surface area (Å²) in [5, 5.41) is 2.42. The van der Waals surface area contributed by atoms with Crippen LogP contribution in [0.2, 0.25) is 0 Å². The van der Waals surface area contributed by atoms with Gasteiger partial charge in [0.25, 0.3) is 0 Å². The average molecular weight is 1480 g/mol. The summed E-state index contributed by atoms with van der Waals surface area (Å²) in [6.07, 6.45) is 0. The van der Waals surface area contributed by atoms with Crippen LogP contribution in [0.5, 0.6) is 0 Å². The number of rotatable bonds is 15. The Labute approximate surface area is 677 Å². The molecule has 546 valence electrons. The molecule has 3 aliphatic carbocycles. The van der Waals surface area contributed by atoms with Gasteiger partial charge in [-0.25, -0.2) is 0 Å². The average Bonchev–Trinajstić information content (AvgIpc) is 1.53. The summed E-state index contributed by atoms with van der Waals surface area (Å²) >= 11 is 0. The lowest BCUT2D eigenvalue weighted by Gasteiger charge is -2.36. The molecule has 0 saturated carbocycles. The smallest absolute Gasteiger partial charge is 0.0714 e. The topological polar surface area (TPSA) is 11.4 Å². The summed E-state index contributed by atoms with van der Waals surface area (Å²) in [4.78, 5) is 4.96. The first-order valence-electron chi connectivity index (χ1n) is 40.4. The first-order chi connectivity index (χ1) is 57.3. The van der Waals surface area contributed by atoms with Crippen LogP contribution in [0.1, 0.15) is 69.5 Å². The van der Waals surface area contributed by atoms with Crippen LogP contribution in [0.3, 0.4) is 0 Å². The minimum atomic E-state index is -0.613. The van der Waals surface area contributed by atoms with Gasteiger partial charge in [-0.3, -0.25) is 0 Å². The SMILES string of the molecule is CC1(C)c2ccccc2-c2ccc(N(c3ccc(-c4ccccc4)cc3)c3ccc(-c4ccc5c(c4)c4ccccc4n5-c4cccc(-c5ccc(-c6ccccc6N(c6ccc7c(c6)C(c6ccccc6)(c6ccccc6)c6ccccc6-7)c6ccc7c(c6)C(c6ccccc6)(c6ccccc6)c6ccccc6-7)cc5)c4)cc3)cc21. The molecule has 0 bridgehead atoms. The van der Waals surface area contributed by atoms with Gasteiger partial charge in [-0.1, -0.05) is 360 Å². The van der Waals surface area contributed by atoms with E-state index in [1.165, 1.54) is 116 Å². The van der Waals surface area contributed by atoms with Crippen LogP contribution in [-0.2, 0) is 16.2 Å². The van der Waals surface area contributed by atoms with Gasteiger partial charge in [0.05, 0.1) is 27.6 Å². The molecule has 0 fully saturated rings. The van der Waals surface area contributed by atoms with Crippen LogP contribution in [0.4, 0.5) is 34.1 Å². The number of aromatic nitrogens is 1. The molecular formula is C113H79N3. The van der Waals surface area contributed by atoms with Gasteiger partial charge >= 0.3 is 0 Å². The second kappa shape index (κ2) is 27.3. The van der Waals surface area contributed by atoms with Crippen LogP contribution in [0.25, 0.3) is 105 Å². The summed E-state index contributed by atoms with van der Waals surface area (Å²) in [5.41, 5.74) is 38.1. The lowest BCUT2D eigenvalue weighted by Crippen LogP contribution is -2.29. The largest absolute Gasteiger partial charge is 0.310 e. The molecule has 116 heavy (non-hydrogen) atoms. The zero-order valence-corrected chi connectivity index (χ0v) is 64.5. The van der Waals surface area contributed by atoms with Gasteiger partial charge < -0.3 is 14.4 Å². The van der Waals surface area contributed by atoms with Crippen LogP contribution < -0.4 is 9.80 Å². The van der Waals surface area contributed by atoms with Gasteiger partial charge in [-0.05, 0) is 225 Å². The molecule has 0 radical (unpaired) electrons. The molecule has 1 aromatic heterocycles. The van der Waals surface area contributed by atoms with Gasteiger partial charge in [-0.15, -0.1) is 0 Å². The third kappa shape index (κ3) is 10.7. The predicted octanol–water partition coefficient (Wildman–Crippen LogP) is 29.4. The highest BCUT2D eigenvalue weighted by atomic mass is 15.2. The van der Waals surface area contributed by atoms with E-state index < -0.39 is 10.8 Å². The van der Waals surface area contributed by atoms with Gasteiger partial charge in [-0.2, -0.15) is 0 Å². The number of hydrogen-bond acceptors (Lipinski definition) is 2. The van der Waals surface area contributed by atoms with Crippen molar-refractivity contribution in [3.05, 3.63) is 498 Å². The second-order valence-corrected chi connectivity index (χ2v) is 31.8. The molecule has 0 amide bonds. The molecule has 0 unspecified atom stereocenters. The number of anilines is 6. The van der Waals surface area contributed by atoms with E-state index in [0.29, 0.717) is 0 Å². The predicted molar refractivity (Wildman–Crippen MR) is 484 cm³/mol. The van der Waals surface area contributed by atoms with Crippen molar-refractivity contribution < 1.29 is 0 Å². The third-order valence-electron chi connectivity index (χ3n) is 25.4. The number of hydrogen-bond donors (Lipinski definition) is 0. The van der Waals surface area contributed by atoms with Crippen LogP contribution in [-0.4, -0.2) is 4.57 Å². The van der Waals surface area contributed by atoms with E-state index in [1.54, 1.807) is 0 Å². The minimum Gasteiger partial charge on any atom is -0.310 e. The fraction of sp³-hybridized carbons (Fsp3) is 0.0442. The molecule has 18 aromatic carbocycles. The fourth-order valence-corrected chi connectivity index (χ4v) is 20.1. The van der Waals surface area contributed by atoms with E-state index in [4.69, 9.17) is 0 Å². The normalized spacial score (nSPS) is 13.5. The molecule has 3 nitrogen and oxygen atoms in total. The Hall–Kier alpha value is -14.6. The van der Waals surface area contributed by atoms with Gasteiger partial charge in [0.2, 0.25) is 0 Å². The summed E-state index contributed by atoms with van der Waals surface area (Å²) in [7, 11) is 0. The Morgan fingerprint density at radius 2 is 0.543 bits per heavy atom. The van der Waals surface area contributed by atoms with Crippen LogP contribution in [0.15, 0.2) is 443 Å². The number of nitrogens with zero attached hydrogens (tertiary/aromatic N) is 3. The van der Waals surface area contributed by atoms with Crippen molar-refractivity contribution in [3.8, 4) is 83.6 Å². The lowest BCUT2D eigenvalue weighted by molar-refractivity contribution is 0.660. The summed E-state index contributed by atoms with van der Waals surface area (Å²) in [6.45, 7) is 4.72. The Morgan fingerprint density at radius 3 is 1.08 bits per heavy atom. The number of para-hydroxylation sites is 2.